The second-order valence-corrected chi connectivity index (χ2v) is 7.58. The lowest BCUT2D eigenvalue weighted by Gasteiger charge is -2.20. The number of hydrogen-bond donors (Lipinski definition) is 0. The third-order valence-electron chi connectivity index (χ3n) is 4.75. The minimum atomic E-state index is 0.0149. The predicted molar refractivity (Wildman–Crippen MR) is 90.7 cm³/mol. The summed E-state index contributed by atoms with van der Waals surface area (Å²) in [7, 11) is 0. The van der Waals surface area contributed by atoms with Gasteiger partial charge in [-0.15, -0.1) is 16.4 Å². The topological polar surface area (TPSA) is 67.2 Å². The number of fused-ring (bicyclic) bond motifs is 1. The van der Waals surface area contributed by atoms with Crippen LogP contribution in [0.4, 0.5) is 0 Å². The van der Waals surface area contributed by atoms with Crippen LogP contribution in [-0.2, 0) is 19.6 Å². The number of aromatic nitrogens is 4. The normalized spacial score (nSPS) is 18.6. The summed E-state index contributed by atoms with van der Waals surface area (Å²) < 4.78 is 1.98. The largest absolute Gasteiger partial charge is 0.331 e. The fourth-order valence-electron chi connectivity index (χ4n) is 3.46. The highest BCUT2D eigenvalue weighted by Gasteiger charge is 2.26. The van der Waals surface area contributed by atoms with Gasteiger partial charge in [0.2, 0.25) is 0 Å². The minimum Gasteiger partial charge on any atom is -0.331 e. The lowest BCUT2D eigenvalue weighted by Crippen LogP contribution is -2.31. The van der Waals surface area contributed by atoms with Gasteiger partial charge in [-0.2, -0.15) is 0 Å². The number of nitrogens with zero attached hydrogens (tertiary/aromatic N) is 6. The van der Waals surface area contributed by atoms with E-state index in [4.69, 9.17) is 0 Å². The zero-order valence-electron chi connectivity index (χ0n) is 13.9. The average Bonchev–Trinajstić information content (AvgIpc) is 3.28. The number of aryl methyl sites for hydroxylation is 2. The molecule has 0 saturated carbocycles. The van der Waals surface area contributed by atoms with Crippen molar-refractivity contribution in [2.24, 2.45) is 0 Å². The molecule has 1 amide bonds. The molecule has 2 aliphatic rings. The van der Waals surface area contributed by atoms with E-state index in [9.17, 15) is 4.79 Å². The number of carbonyl (C=O) groups excluding carboxylic acids is 1. The molecule has 24 heavy (non-hydrogen) atoms. The van der Waals surface area contributed by atoms with Crippen molar-refractivity contribution < 1.29 is 4.79 Å². The number of hydrogen-bond acceptors (Lipinski definition) is 6. The molecule has 2 aromatic heterocycles. The molecule has 4 heterocycles. The first-order valence-corrected chi connectivity index (χ1v) is 9.43. The first kappa shape index (κ1) is 15.7. The first-order valence-electron chi connectivity index (χ1n) is 8.56. The lowest BCUT2D eigenvalue weighted by atomic mass is 10.2. The van der Waals surface area contributed by atoms with E-state index in [1.165, 1.54) is 24.2 Å². The smallest absolute Gasteiger partial charge is 0.273 e. The van der Waals surface area contributed by atoms with Gasteiger partial charge in [0.25, 0.3) is 5.91 Å². The maximum atomic E-state index is 12.8. The number of carbonyl (C=O) groups is 1. The predicted octanol–water partition coefficient (Wildman–Crippen LogP) is 1.68. The van der Waals surface area contributed by atoms with Crippen molar-refractivity contribution in [1.29, 1.82) is 0 Å². The molecule has 128 valence electrons. The Morgan fingerprint density at radius 1 is 1.21 bits per heavy atom. The van der Waals surface area contributed by atoms with Crippen LogP contribution in [0.3, 0.4) is 0 Å². The Kier molecular flexibility index (Phi) is 4.32. The number of amides is 1. The molecule has 1 fully saturated rings. The third-order valence-corrected chi connectivity index (χ3v) is 5.53. The van der Waals surface area contributed by atoms with Gasteiger partial charge in [-0.05, 0) is 39.3 Å². The summed E-state index contributed by atoms with van der Waals surface area (Å²) in [5, 5.41) is 11.5. The molecule has 0 radical (unpaired) electrons. The summed E-state index contributed by atoms with van der Waals surface area (Å²) in [4.78, 5) is 21.4. The van der Waals surface area contributed by atoms with Crippen molar-refractivity contribution >= 4 is 17.2 Å². The van der Waals surface area contributed by atoms with E-state index in [2.05, 4.69) is 20.2 Å². The van der Waals surface area contributed by atoms with Crippen LogP contribution < -0.4 is 0 Å². The van der Waals surface area contributed by atoms with Gasteiger partial charge in [-0.1, -0.05) is 5.21 Å². The zero-order chi connectivity index (χ0) is 16.5. The zero-order valence-corrected chi connectivity index (χ0v) is 14.8. The van der Waals surface area contributed by atoms with Gasteiger partial charge in [-0.25, -0.2) is 9.67 Å². The van der Waals surface area contributed by atoms with Gasteiger partial charge in [0.15, 0.2) is 0 Å². The van der Waals surface area contributed by atoms with Gasteiger partial charge in [0.1, 0.15) is 11.4 Å². The molecule has 2 aromatic rings. The lowest BCUT2D eigenvalue weighted by molar-refractivity contribution is 0.0739. The quantitative estimate of drug-likeness (QED) is 0.846. The van der Waals surface area contributed by atoms with E-state index < -0.39 is 0 Å². The molecule has 1 saturated heterocycles. The molecule has 0 aliphatic carbocycles. The van der Waals surface area contributed by atoms with Crippen molar-refractivity contribution in [3.8, 4) is 0 Å². The van der Waals surface area contributed by atoms with Crippen molar-refractivity contribution in [2.45, 2.75) is 45.8 Å². The molecule has 4 rings (SSSR count). The Morgan fingerprint density at radius 2 is 2.04 bits per heavy atom. The highest BCUT2D eigenvalue weighted by Crippen LogP contribution is 2.20. The third kappa shape index (κ3) is 3.08. The molecule has 0 spiro atoms. The Hall–Kier alpha value is -1.80. The van der Waals surface area contributed by atoms with E-state index in [0.717, 1.165) is 55.5 Å². The summed E-state index contributed by atoms with van der Waals surface area (Å²) in [5.41, 5.74) is 2.66. The van der Waals surface area contributed by atoms with Crippen molar-refractivity contribution in [3.63, 3.8) is 0 Å². The highest BCUT2D eigenvalue weighted by molar-refractivity contribution is 7.09. The van der Waals surface area contributed by atoms with Gasteiger partial charge in [0.05, 0.1) is 17.2 Å². The Bertz CT molecular complexity index is 733. The van der Waals surface area contributed by atoms with Crippen LogP contribution in [0.25, 0.3) is 0 Å². The molecule has 8 heteroatoms. The Morgan fingerprint density at radius 3 is 2.79 bits per heavy atom. The van der Waals surface area contributed by atoms with Crippen LogP contribution in [0.15, 0.2) is 5.38 Å². The van der Waals surface area contributed by atoms with E-state index in [-0.39, 0.29) is 5.91 Å². The molecule has 0 N–H and O–H groups in total. The molecule has 7 nitrogen and oxygen atoms in total. The van der Waals surface area contributed by atoms with E-state index in [0.29, 0.717) is 12.2 Å². The second kappa shape index (κ2) is 6.60. The fourth-order valence-corrected chi connectivity index (χ4v) is 4.05. The molecular weight excluding hydrogens is 324 g/mol. The van der Waals surface area contributed by atoms with Gasteiger partial charge >= 0.3 is 0 Å². The molecular formula is C16H22N6OS. The van der Waals surface area contributed by atoms with Crippen molar-refractivity contribution in [2.75, 3.05) is 19.6 Å². The van der Waals surface area contributed by atoms with Crippen LogP contribution in [0.2, 0.25) is 0 Å². The van der Waals surface area contributed by atoms with E-state index in [1.807, 2.05) is 21.9 Å². The highest BCUT2D eigenvalue weighted by atomic mass is 32.1. The van der Waals surface area contributed by atoms with Crippen molar-refractivity contribution in [3.05, 3.63) is 27.5 Å². The number of likely N-dealkylation sites (tertiary alicyclic amines) is 1. The van der Waals surface area contributed by atoms with Crippen LogP contribution in [0.5, 0.6) is 0 Å². The van der Waals surface area contributed by atoms with Gasteiger partial charge in [0, 0.05) is 25.0 Å². The SMILES string of the molecule is Cc1nc(C(=O)N2CCCn3nnc(CN4CCCC4)c3C2)cs1. The molecule has 0 aromatic carbocycles. The first-order chi connectivity index (χ1) is 11.7. The maximum Gasteiger partial charge on any atom is 0.273 e. The van der Waals surface area contributed by atoms with Gasteiger partial charge < -0.3 is 4.90 Å². The molecule has 0 bridgehead atoms. The second-order valence-electron chi connectivity index (χ2n) is 6.52. The Balaban J connectivity index is 1.54. The fraction of sp³-hybridized carbons (Fsp3) is 0.625. The molecule has 0 unspecified atom stereocenters. The standard InChI is InChI=1S/C16H22N6OS/c1-12-17-14(11-24-12)16(23)21-7-4-8-22-15(10-21)13(18-19-22)9-20-5-2-3-6-20/h11H,2-10H2,1H3. The number of thiazole rings is 1. The monoisotopic (exact) mass is 346 g/mol. The number of rotatable bonds is 3. The summed E-state index contributed by atoms with van der Waals surface area (Å²) in [6.45, 7) is 7.17. The van der Waals surface area contributed by atoms with E-state index >= 15 is 0 Å². The van der Waals surface area contributed by atoms with Crippen LogP contribution in [0, 0.1) is 6.92 Å². The summed E-state index contributed by atoms with van der Waals surface area (Å²) in [6, 6.07) is 0. The summed E-state index contributed by atoms with van der Waals surface area (Å²) in [5.74, 6) is 0.0149. The van der Waals surface area contributed by atoms with Gasteiger partial charge in [-0.3, -0.25) is 9.69 Å². The Labute approximate surface area is 145 Å². The van der Waals surface area contributed by atoms with Crippen LogP contribution in [0.1, 0.15) is 46.1 Å². The summed E-state index contributed by atoms with van der Waals surface area (Å²) in [6.07, 6.45) is 3.42. The molecule has 2 aliphatic heterocycles. The van der Waals surface area contributed by atoms with Crippen molar-refractivity contribution in [1.82, 2.24) is 29.8 Å². The van der Waals surface area contributed by atoms with Crippen LogP contribution in [-0.4, -0.2) is 55.3 Å². The maximum absolute atomic E-state index is 12.8. The van der Waals surface area contributed by atoms with Crippen LogP contribution >= 0.6 is 11.3 Å². The molecule has 0 atom stereocenters. The minimum absolute atomic E-state index is 0.0149. The summed E-state index contributed by atoms with van der Waals surface area (Å²) >= 11 is 1.52. The average molecular weight is 346 g/mol. The van der Waals surface area contributed by atoms with E-state index in [1.54, 1.807) is 0 Å².